The van der Waals surface area contributed by atoms with Crippen LogP contribution in [0.2, 0.25) is 0 Å². The summed E-state index contributed by atoms with van der Waals surface area (Å²) in [5.41, 5.74) is -2.34. The predicted octanol–water partition coefficient (Wildman–Crippen LogP) is 6.27. The van der Waals surface area contributed by atoms with Crippen LogP contribution in [-0.2, 0) is 11.6 Å². The van der Waals surface area contributed by atoms with E-state index in [9.17, 15) is 31.9 Å². The number of phenols is 1. The number of hydrogen-bond donors (Lipinski definition) is 3. The first-order valence-electron chi connectivity index (χ1n) is 11.6. The molecule has 0 saturated heterocycles. The second-order valence-corrected chi connectivity index (χ2v) is 8.97. The molecule has 1 unspecified atom stereocenters. The van der Waals surface area contributed by atoms with E-state index in [0.29, 0.717) is 11.6 Å². The second-order valence-electron chi connectivity index (χ2n) is 8.97. The second kappa shape index (κ2) is 10.2. The first kappa shape index (κ1) is 25.5. The average Bonchev–Trinajstić information content (AvgIpc) is 3.34. The van der Waals surface area contributed by atoms with Crippen molar-refractivity contribution < 1.29 is 31.9 Å². The summed E-state index contributed by atoms with van der Waals surface area (Å²) < 4.78 is 69.6. The lowest BCUT2D eigenvalue weighted by atomic mass is 9.69. The summed E-state index contributed by atoms with van der Waals surface area (Å²) >= 11 is 0. The highest BCUT2D eigenvalue weighted by atomic mass is 19.4. The van der Waals surface area contributed by atoms with E-state index in [1.165, 1.54) is 6.07 Å². The van der Waals surface area contributed by atoms with Crippen molar-refractivity contribution in [3.63, 3.8) is 0 Å². The highest BCUT2D eigenvalue weighted by Crippen LogP contribution is 2.42. The number of urea groups is 1. The number of rotatable bonds is 6. The number of hydrogen-bond acceptors (Lipinski definition) is 2. The fourth-order valence-corrected chi connectivity index (χ4v) is 4.83. The van der Waals surface area contributed by atoms with Crippen LogP contribution in [0.15, 0.2) is 66.7 Å². The summed E-state index contributed by atoms with van der Waals surface area (Å²) in [6.45, 7) is -0.290. The summed E-state index contributed by atoms with van der Waals surface area (Å²) in [7, 11) is 0. The molecule has 0 aliphatic heterocycles. The van der Waals surface area contributed by atoms with Crippen LogP contribution in [0.3, 0.4) is 0 Å². The molecule has 1 atom stereocenters. The number of alkyl halides is 3. The van der Waals surface area contributed by atoms with Crippen LogP contribution >= 0.6 is 0 Å². The zero-order valence-electron chi connectivity index (χ0n) is 19.2. The Balaban J connectivity index is 1.89. The molecular formula is C27H25F5N2O2. The van der Waals surface area contributed by atoms with Crippen molar-refractivity contribution in [2.45, 2.75) is 43.3 Å². The highest BCUT2D eigenvalue weighted by Gasteiger charge is 2.40. The van der Waals surface area contributed by atoms with E-state index in [1.807, 2.05) is 0 Å². The molecule has 0 spiro atoms. The molecule has 1 saturated carbocycles. The quantitative estimate of drug-likeness (QED) is 0.274. The Kier molecular flexibility index (Phi) is 7.19. The van der Waals surface area contributed by atoms with E-state index in [0.717, 1.165) is 49.9 Å². The monoisotopic (exact) mass is 504 g/mol. The van der Waals surface area contributed by atoms with Crippen LogP contribution in [0, 0.1) is 11.6 Å². The van der Waals surface area contributed by atoms with Crippen molar-refractivity contribution in [1.29, 1.82) is 0 Å². The number of amides is 2. The smallest absolute Gasteiger partial charge is 0.416 e. The third kappa shape index (κ3) is 5.29. The van der Waals surface area contributed by atoms with Gasteiger partial charge in [0.1, 0.15) is 5.82 Å². The number of aromatic hydroxyl groups is 1. The lowest BCUT2D eigenvalue weighted by molar-refractivity contribution is -0.137. The van der Waals surface area contributed by atoms with Gasteiger partial charge in [-0.25, -0.2) is 13.6 Å². The van der Waals surface area contributed by atoms with Crippen molar-refractivity contribution in [3.05, 3.63) is 101 Å². The lowest BCUT2D eigenvalue weighted by Gasteiger charge is -2.37. The van der Waals surface area contributed by atoms with Gasteiger partial charge in [0, 0.05) is 12.6 Å². The fourth-order valence-electron chi connectivity index (χ4n) is 4.83. The van der Waals surface area contributed by atoms with Crippen LogP contribution in [0.25, 0.3) is 0 Å². The molecule has 3 aromatic carbocycles. The molecule has 4 nitrogen and oxygen atoms in total. The Morgan fingerprint density at radius 3 is 2.17 bits per heavy atom. The first-order valence-corrected chi connectivity index (χ1v) is 11.6. The summed E-state index contributed by atoms with van der Waals surface area (Å²) in [6, 6.07) is 13.2. The molecule has 36 heavy (non-hydrogen) atoms. The van der Waals surface area contributed by atoms with Crippen molar-refractivity contribution in [2.24, 2.45) is 0 Å². The maximum absolute atomic E-state index is 14.6. The molecule has 1 fully saturated rings. The summed E-state index contributed by atoms with van der Waals surface area (Å²) in [5.74, 6) is -2.78. The maximum Gasteiger partial charge on any atom is 0.416 e. The van der Waals surface area contributed by atoms with Gasteiger partial charge in [0.05, 0.1) is 11.0 Å². The lowest BCUT2D eigenvalue weighted by Crippen LogP contribution is -2.48. The van der Waals surface area contributed by atoms with Gasteiger partial charge in [0.2, 0.25) is 0 Å². The Labute approximate surface area is 205 Å². The van der Waals surface area contributed by atoms with Crippen molar-refractivity contribution in [3.8, 4) is 5.75 Å². The Morgan fingerprint density at radius 2 is 1.53 bits per heavy atom. The molecule has 1 aliphatic carbocycles. The Hall–Kier alpha value is -3.62. The van der Waals surface area contributed by atoms with E-state index in [2.05, 4.69) is 10.6 Å². The third-order valence-electron chi connectivity index (χ3n) is 6.63. The standard InChI is InChI=1S/C27H25F5N2O2/c28-21-13-19(12-20(14-21)27(30,31)32)26(17-6-2-1-3-7-17,18-10-11-23(29)24(35)15-18)16-33-25(36)34-22-8-4-5-9-22/h1-3,6-7,10-15,22,35H,4-5,8-9,16H2,(H2,33,34,36). The highest BCUT2D eigenvalue weighted by molar-refractivity contribution is 5.75. The fraction of sp³-hybridized carbons (Fsp3) is 0.296. The molecular weight excluding hydrogens is 479 g/mol. The largest absolute Gasteiger partial charge is 0.505 e. The van der Waals surface area contributed by atoms with Gasteiger partial charge in [-0.2, -0.15) is 13.2 Å². The SMILES string of the molecule is O=C(NCC(c1ccccc1)(c1cc(F)cc(C(F)(F)F)c1)c1ccc(F)c(O)c1)NC1CCCC1. The number of benzene rings is 3. The van der Waals surface area contributed by atoms with Gasteiger partial charge in [-0.1, -0.05) is 49.2 Å². The van der Waals surface area contributed by atoms with Crippen LogP contribution in [0.5, 0.6) is 5.75 Å². The van der Waals surface area contributed by atoms with E-state index >= 15 is 0 Å². The number of nitrogens with one attached hydrogen (secondary N) is 2. The number of carbonyl (C=O) groups is 1. The zero-order valence-corrected chi connectivity index (χ0v) is 19.2. The van der Waals surface area contributed by atoms with Crippen molar-refractivity contribution in [1.82, 2.24) is 10.6 Å². The molecule has 4 rings (SSSR count). The number of carbonyl (C=O) groups excluding carboxylic acids is 1. The third-order valence-corrected chi connectivity index (χ3v) is 6.63. The van der Waals surface area contributed by atoms with Gasteiger partial charge in [-0.15, -0.1) is 0 Å². The molecule has 3 aromatic rings. The van der Waals surface area contributed by atoms with Gasteiger partial charge < -0.3 is 15.7 Å². The van der Waals surface area contributed by atoms with E-state index in [1.54, 1.807) is 30.3 Å². The molecule has 9 heteroatoms. The van der Waals surface area contributed by atoms with Gasteiger partial charge >= 0.3 is 12.2 Å². The summed E-state index contributed by atoms with van der Waals surface area (Å²) in [5, 5.41) is 15.7. The predicted molar refractivity (Wildman–Crippen MR) is 125 cm³/mol. The van der Waals surface area contributed by atoms with E-state index < -0.39 is 40.6 Å². The molecule has 0 bridgehead atoms. The minimum atomic E-state index is -4.84. The molecule has 0 radical (unpaired) electrons. The molecule has 190 valence electrons. The number of halogens is 5. The molecule has 0 heterocycles. The van der Waals surface area contributed by atoms with Gasteiger partial charge in [-0.05, 0) is 59.9 Å². The van der Waals surface area contributed by atoms with Crippen LogP contribution in [-0.4, -0.2) is 23.7 Å². The van der Waals surface area contributed by atoms with Gasteiger partial charge in [0.25, 0.3) is 0 Å². The maximum atomic E-state index is 14.6. The van der Waals surface area contributed by atoms with E-state index in [4.69, 9.17) is 0 Å². The minimum Gasteiger partial charge on any atom is -0.505 e. The Bertz CT molecular complexity index is 1230. The normalized spacial score (nSPS) is 15.9. The molecule has 2 amide bonds. The summed E-state index contributed by atoms with van der Waals surface area (Å²) in [4.78, 5) is 12.8. The molecule has 0 aromatic heterocycles. The van der Waals surface area contributed by atoms with Crippen molar-refractivity contribution in [2.75, 3.05) is 6.54 Å². The van der Waals surface area contributed by atoms with Crippen LogP contribution in [0.1, 0.15) is 47.9 Å². The average molecular weight is 504 g/mol. The Morgan fingerprint density at radius 1 is 0.861 bits per heavy atom. The summed E-state index contributed by atoms with van der Waals surface area (Å²) in [6.07, 6.45) is -1.23. The zero-order chi connectivity index (χ0) is 25.9. The number of phenolic OH excluding ortho intramolecular Hbond substituents is 1. The van der Waals surface area contributed by atoms with Crippen LogP contribution in [0.4, 0.5) is 26.7 Å². The first-order chi connectivity index (χ1) is 17.1. The van der Waals surface area contributed by atoms with E-state index in [-0.39, 0.29) is 23.7 Å². The molecule has 3 N–H and O–H groups in total. The minimum absolute atomic E-state index is 0.0167. The van der Waals surface area contributed by atoms with Crippen molar-refractivity contribution >= 4 is 6.03 Å². The van der Waals surface area contributed by atoms with Crippen LogP contribution < -0.4 is 10.6 Å². The molecule has 1 aliphatic rings. The van der Waals surface area contributed by atoms with Gasteiger partial charge in [0.15, 0.2) is 11.6 Å². The van der Waals surface area contributed by atoms with Gasteiger partial charge in [-0.3, -0.25) is 0 Å². The topological polar surface area (TPSA) is 61.4 Å².